The zero-order chi connectivity index (χ0) is 34.8. The molecular formula is C36H38Cl2FN3O5S. The highest BCUT2D eigenvalue weighted by atomic mass is 35.5. The number of sulfonamides is 1. The molecule has 0 heterocycles. The molecule has 0 bridgehead atoms. The van der Waals surface area contributed by atoms with E-state index < -0.39 is 40.2 Å². The second-order valence-corrected chi connectivity index (χ2v) is 14.1. The topological polar surface area (TPSA) is 96.0 Å². The van der Waals surface area contributed by atoms with Gasteiger partial charge in [-0.25, -0.2) is 12.8 Å². The van der Waals surface area contributed by atoms with Crippen molar-refractivity contribution in [1.82, 2.24) is 10.2 Å². The highest BCUT2D eigenvalue weighted by Crippen LogP contribution is 2.29. The van der Waals surface area contributed by atoms with Gasteiger partial charge in [-0.15, -0.1) is 0 Å². The van der Waals surface area contributed by atoms with Gasteiger partial charge in [0.15, 0.2) is 0 Å². The lowest BCUT2D eigenvalue weighted by molar-refractivity contribution is -0.140. The molecule has 0 aliphatic heterocycles. The van der Waals surface area contributed by atoms with Crippen LogP contribution in [0.15, 0.2) is 102 Å². The normalized spacial score (nSPS) is 12.0. The summed E-state index contributed by atoms with van der Waals surface area (Å²) in [6.45, 7) is 5.55. The first kappa shape index (κ1) is 36.7. The van der Waals surface area contributed by atoms with Crippen molar-refractivity contribution < 1.29 is 27.1 Å². The van der Waals surface area contributed by atoms with Crippen molar-refractivity contribution >= 4 is 50.7 Å². The Morgan fingerprint density at radius 3 is 2.08 bits per heavy atom. The van der Waals surface area contributed by atoms with Gasteiger partial charge in [-0.2, -0.15) is 0 Å². The van der Waals surface area contributed by atoms with Crippen molar-refractivity contribution in [2.75, 3.05) is 24.0 Å². The lowest BCUT2D eigenvalue weighted by atomic mass is 10.0. The first-order chi connectivity index (χ1) is 22.9. The number of hydrogen-bond donors (Lipinski definition) is 1. The Labute approximate surface area is 291 Å². The number of benzene rings is 4. The molecule has 48 heavy (non-hydrogen) atoms. The van der Waals surface area contributed by atoms with Crippen LogP contribution in [-0.4, -0.2) is 50.9 Å². The lowest BCUT2D eigenvalue weighted by Crippen LogP contribution is -2.53. The fraction of sp³-hybridized carbons (Fsp3) is 0.278. The number of carbonyl (C=O) groups is 2. The van der Waals surface area contributed by atoms with E-state index in [4.69, 9.17) is 27.9 Å². The summed E-state index contributed by atoms with van der Waals surface area (Å²) < 4.78 is 48.7. The van der Waals surface area contributed by atoms with Gasteiger partial charge < -0.3 is 15.0 Å². The molecule has 1 atom stereocenters. The SMILES string of the molecule is CCOc1ccc(S(=O)(=O)N(CC(=O)N(Cc2c(Cl)cccc2Cl)[C@@H](Cc2ccccc2)C(=O)NCC(C)C)c2ccc(F)cc2)cc1. The fourth-order valence-electron chi connectivity index (χ4n) is 4.97. The van der Waals surface area contributed by atoms with Gasteiger partial charge in [0.25, 0.3) is 10.0 Å². The molecule has 0 saturated heterocycles. The summed E-state index contributed by atoms with van der Waals surface area (Å²) in [5.74, 6) is -1.11. The molecule has 0 saturated carbocycles. The third-order valence-electron chi connectivity index (χ3n) is 7.46. The van der Waals surface area contributed by atoms with E-state index in [0.29, 0.717) is 24.5 Å². The number of carbonyl (C=O) groups excluding carboxylic acids is 2. The van der Waals surface area contributed by atoms with E-state index in [1.165, 1.54) is 41.3 Å². The van der Waals surface area contributed by atoms with E-state index in [2.05, 4.69) is 5.32 Å². The van der Waals surface area contributed by atoms with Gasteiger partial charge in [0, 0.05) is 35.1 Å². The molecule has 0 spiro atoms. The number of ether oxygens (including phenoxy) is 1. The molecule has 0 aromatic heterocycles. The molecule has 12 heteroatoms. The monoisotopic (exact) mass is 713 g/mol. The number of halogens is 3. The number of nitrogens with one attached hydrogen (secondary N) is 1. The molecule has 8 nitrogen and oxygen atoms in total. The molecule has 2 amide bonds. The molecular weight excluding hydrogens is 676 g/mol. The van der Waals surface area contributed by atoms with E-state index >= 15 is 0 Å². The minimum absolute atomic E-state index is 0.0539. The van der Waals surface area contributed by atoms with Gasteiger partial charge in [-0.05, 0) is 79.1 Å². The van der Waals surface area contributed by atoms with Crippen LogP contribution in [0.1, 0.15) is 31.9 Å². The predicted octanol–water partition coefficient (Wildman–Crippen LogP) is 7.14. The molecule has 0 unspecified atom stereocenters. The Morgan fingerprint density at radius 2 is 1.50 bits per heavy atom. The number of hydrogen-bond acceptors (Lipinski definition) is 5. The first-order valence-electron chi connectivity index (χ1n) is 15.5. The van der Waals surface area contributed by atoms with Crippen LogP contribution in [0.3, 0.4) is 0 Å². The van der Waals surface area contributed by atoms with Crippen molar-refractivity contribution in [3.8, 4) is 5.75 Å². The van der Waals surface area contributed by atoms with Crippen LogP contribution in [0.25, 0.3) is 0 Å². The smallest absolute Gasteiger partial charge is 0.264 e. The fourth-order valence-corrected chi connectivity index (χ4v) is 6.90. The van der Waals surface area contributed by atoms with Gasteiger partial charge in [-0.1, -0.05) is 73.4 Å². The maximum absolute atomic E-state index is 14.6. The summed E-state index contributed by atoms with van der Waals surface area (Å²) in [5, 5.41) is 3.48. The van der Waals surface area contributed by atoms with Gasteiger partial charge in [-0.3, -0.25) is 13.9 Å². The summed E-state index contributed by atoms with van der Waals surface area (Å²) in [4.78, 5) is 29.7. The highest BCUT2D eigenvalue weighted by molar-refractivity contribution is 7.92. The quantitative estimate of drug-likeness (QED) is 0.141. The van der Waals surface area contributed by atoms with Crippen LogP contribution in [0.2, 0.25) is 10.0 Å². The molecule has 1 N–H and O–H groups in total. The van der Waals surface area contributed by atoms with Crippen LogP contribution in [-0.2, 0) is 32.6 Å². The number of nitrogens with zero attached hydrogens (tertiary/aromatic N) is 2. The van der Waals surface area contributed by atoms with Crippen LogP contribution < -0.4 is 14.4 Å². The molecule has 254 valence electrons. The zero-order valence-electron chi connectivity index (χ0n) is 26.9. The minimum Gasteiger partial charge on any atom is -0.494 e. The third-order valence-corrected chi connectivity index (χ3v) is 9.96. The highest BCUT2D eigenvalue weighted by Gasteiger charge is 2.35. The Bertz CT molecular complexity index is 1770. The van der Waals surface area contributed by atoms with Gasteiger partial charge in [0.2, 0.25) is 11.8 Å². The summed E-state index contributed by atoms with van der Waals surface area (Å²) in [7, 11) is -4.39. The van der Waals surface area contributed by atoms with Crippen LogP contribution >= 0.6 is 23.2 Å². The predicted molar refractivity (Wildman–Crippen MR) is 187 cm³/mol. The third kappa shape index (κ3) is 9.49. The average Bonchev–Trinajstić information content (AvgIpc) is 3.06. The molecule has 0 aliphatic carbocycles. The van der Waals surface area contributed by atoms with Crippen molar-refractivity contribution in [2.45, 2.75) is 44.7 Å². The van der Waals surface area contributed by atoms with Crippen LogP contribution in [0.4, 0.5) is 10.1 Å². The van der Waals surface area contributed by atoms with E-state index in [-0.39, 0.29) is 39.5 Å². The Kier molecular flexibility index (Phi) is 12.9. The zero-order valence-corrected chi connectivity index (χ0v) is 29.2. The maximum Gasteiger partial charge on any atom is 0.264 e. The molecule has 0 aliphatic rings. The van der Waals surface area contributed by atoms with Gasteiger partial charge in [0.1, 0.15) is 24.2 Å². The molecule has 4 aromatic rings. The van der Waals surface area contributed by atoms with E-state index in [1.54, 1.807) is 18.2 Å². The summed E-state index contributed by atoms with van der Waals surface area (Å²) >= 11 is 13.1. The number of anilines is 1. The van der Waals surface area contributed by atoms with Crippen molar-refractivity contribution in [2.24, 2.45) is 5.92 Å². The number of amides is 2. The summed E-state index contributed by atoms with van der Waals surface area (Å²) in [6, 6.07) is 23.6. The first-order valence-corrected chi connectivity index (χ1v) is 17.7. The molecule has 0 fully saturated rings. The maximum atomic E-state index is 14.6. The minimum atomic E-state index is -4.39. The van der Waals surface area contributed by atoms with Gasteiger partial charge >= 0.3 is 0 Å². The van der Waals surface area contributed by atoms with Gasteiger partial charge in [0.05, 0.1) is 17.2 Å². The number of rotatable bonds is 15. The lowest BCUT2D eigenvalue weighted by Gasteiger charge is -2.34. The second-order valence-electron chi connectivity index (χ2n) is 11.5. The van der Waals surface area contributed by atoms with Crippen molar-refractivity contribution in [1.29, 1.82) is 0 Å². The summed E-state index contributed by atoms with van der Waals surface area (Å²) in [5.41, 5.74) is 1.23. The van der Waals surface area contributed by atoms with Crippen LogP contribution in [0.5, 0.6) is 5.75 Å². The van der Waals surface area contributed by atoms with Crippen molar-refractivity contribution in [3.63, 3.8) is 0 Å². The van der Waals surface area contributed by atoms with Crippen molar-refractivity contribution in [3.05, 3.63) is 124 Å². The molecule has 4 rings (SSSR count). The molecule has 4 aromatic carbocycles. The molecule has 0 radical (unpaired) electrons. The van der Waals surface area contributed by atoms with E-state index in [0.717, 1.165) is 22.0 Å². The standard InChI is InChI=1S/C36H38Cl2FN3O5S/c1-4-47-29-17-19-30(20-18-29)48(45,46)42(28-15-13-27(39)14-16-28)24-35(43)41(23-31-32(37)11-8-12-33(31)38)34(36(44)40-22-25(2)3)21-26-9-6-5-7-10-26/h5-20,25,34H,4,21-24H2,1-3H3,(H,40,44)/t34-/m0/s1. The summed E-state index contributed by atoms with van der Waals surface area (Å²) in [6.07, 6.45) is 0.126. The van der Waals surface area contributed by atoms with Crippen LogP contribution in [0, 0.1) is 11.7 Å². The van der Waals surface area contributed by atoms with E-state index in [1.807, 2.05) is 51.1 Å². The Morgan fingerprint density at radius 1 is 0.875 bits per heavy atom. The average molecular weight is 715 g/mol. The largest absolute Gasteiger partial charge is 0.494 e. The second kappa shape index (κ2) is 16.8. The van der Waals surface area contributed by atoms with E-state index in [9.17, 15) is 22.4 Å². The Hall–Kier alpha value is -4.12. The Balaban J connectivity index is 1.82.